The molecule has 0 amide bonds. The smallest absolute Gasteiger partial charge is 0.293 e. The Balaban J connectivity index is 2.69. The summed E-state index contributed by atoms with van der Waals surface area (Å²) in [5, 5.41) is 0. The Morgan fingerprint density at radius 3 is 2.07 bits per heavy atom. The molecule has 1 heterocycles. The summed E-state index contributed by atoms with van der Waals surface area (Å²) in [6.45, 7) is 3.77. The molecule has 0 aromatic carbocycles. The minimum absolute atomic E-state index is 0.0746. The molecule has 6 heteroatoms. The molecule has 0 radical (unpaired) electrons. The summed E-state index contributed by atoms with van der Waals surface area (Å²) in [6.07, 6.45) is -3.59. The van der Waals surface area contributed by atoms with Gasteiger partial charge in [0, 0.05) is 13.1 Å². The molecule has 0 atom stereocenters. The van der Waals surface area contributed by atoms with E-state index in [4.69, 9.17) is 0 Å². The van der Waals surface area contributed by atoms with Gasteiger partial charge in [-0.15, -0.1) is 8.78 Å². The fraction of sp³-hybridized carbons (Fsp3) is 1.00. The Hall–Kier alpha value is -0.360. The molecule has 2 nitrogen and oxygen atoms in total. The van der Waals surface area contributed by atoms with E-state index in [2.05, 4.69) is 0 Å². The van der Waals surface area contributed by atoms with Crippen LogP contribution in [0.25, 0.3) is 0 Å². The van der Waals surface area contributed by atoms with Crippen molar-refractivity contribution >= 4 is 0 Å². The highest BCUT2D eigenvalue weighted by molar-refractivity contribution is 4.67. The number of halogens is 4. The van der Waals surface area contributed by atoms with Gasteiger partial charge in [0.2, 0.25) is 0 Å². The van der Waals surface area contributed by atoms with Gasteiger partial charge in [-0.2, -0.15) is 8.78 Å². The molecule has 0 aromatic rings. The van der Waals surface area contributed by atoms with Crippen molar-refractivity contribution in [1.82, 2.24) is 4.90 Å². The Morgan fingerprint density at radius 1 is 1.27 bits per heavy atom. The maximum absolute atomic E-state index is 13.3. The fourth-order valence-electron chi connectivity index (χ4n) is 1.80. The minimum atomic E-state index is -3.93. The third-order valence-electron chi connectivity index (χ3n) is 3.25. The average molecular weight is 229 g/mol. The van der Waals surface area contributed by atoms with Crippen LogP contribution in [0.5, 0.6) is 0 Å². The van der Waals surface area contributed by atoms with E-state index in [1.807, 2.05) is 11.8 Å². The highest BCUT2D eigenvalue weighted by atomic mass is 19.3. The van der Waals surface area contributed by atoms with Crippen molar-refractivity contribution in [2.45, 2.75) is 19.4 Å². The third kappa shape index (κ3) is 2.25. The largest absolute Gasteiger partial charge is 0.452 e. The first-order valence-corrected chi connectivity index (χ1v) is 5.06. The molecule has 1 fully saturated rings. The molecule has 15 heavy (non-hydrogen) atoms. The van der Waals surface area contributed by atoms with Gasteiger partial charge >= 0.3 is 12.5 Å². The lowest BCUT2D eigenvalue weighted by Gasteiger charge is -2.45. The average Bonchev–Trinajstić information content (AvgIpc) is 2.18. The number of hydrogen-bond donors (Lipinski definition) is 0. The number of rotatable bonds is 3. The first kappa shape index (κ1) is 12.7. The molecule has 1 aliphatic rings. The van der Waals surface area contributed by atoms with Gasteiger partial charge in [-0.25, -0.2) is 0 Å². The molecule has 0 aromatic heterocycles. The zero-order chi connectivity index (χ0) is 11.7. The van der Waals surface area contributed by atoms with Gasteiger partial charge in [0.1, 0.15) is 0 Å². The summed E-state index contributed by atoms with van der Waals surface area (Å²) >= 11 is 0. The van der Waals surface area contributed by atoms with E-state index >= 15 is 0 Å². The summed E-state index contributed by atoms with van der Waals surface area (Å²) in [7, 11) is 1.21. The van der Waals surface area contributed by atoms with Gasteiger partial charge in [0.15, 0.2) is 0 Å². The van der Waals surface area contributed by atoms with Gasteiger partial charge in [-0.1, -0.05) is 6.92 Å². The first-order chi connectivity index (χ1) is 6.83. The van der Waals surface area contributed by atoms with Crippen LogP contribution in [-0.2, 0) is 0 Å². The highest BCUT2D eigenvalue weighted by Gasteiger charge is 2.58. The number of nitrogens with zero attached hydrogens (tertiary/aromatic N) is 2. The van der Waals surface area contributed by atoms with Crippen molar-refractivity contribution in [3.63, 3.8) is 0 Å². The van der Waals surface area contributed by atoms with Crippen molar-refractivity contribution < 1.29 is 22.0 Å². The summed E-state index contributed by atoms with van der Waals surface area (Å²) < 4.78 is 50.1. The molecule has 0 bridgehead atoms. The predicted octanol–water partition coefficient (Wildman–Crippen LogP) is 1.63. The van der Waals surface area contributed by atoms with Crippen LogP contribution in [0.15, 0.2) is 0 Å². The Kier molecular flexibility index (Phi) is 3.60. The molecule has 1 aliphatic heterocycles. The minimum Gasteiger partial charge on any atom is -0.293 e. The van der Waals surface area contributed by atoms with Crippen LogP contribution in [0.3, 0.4) is 0 Å². The summed E-state index contributed by atoms with van der Waals surface area (Å²) in [5.74, 6) is 0. The van der Waals surface area contributed by atoms with E-state index in [1.54, 1.807) is 0 Å². The van der Waals surface area contributed by atoms with Gasteiger partial charge in [-0.3, -0.25) is 9.38 Å². The molecule has 0 aliphatic carbocycles. The molecular formula is C9H17F4N2+. The maximum atomic E-state index is 13.3. The maximum Gasteiger partial charge on any atom is 0.452 e. The molecule has 0 spiro atoms. The lowest BCUT2D eigenvalue weighted by molar-refractivity contribution is -1.00. The monoisotopic (exact) mass is 229 g/mol. The number of alkyl halides is 4. The number of hydrogen-bond acceptors (Lipinski definition) is 1. The molecular weight excluding hydrogens is 212 g/mol. The van der Waals surface area contributed by atoms with Gasteiger partial charge in [-0.05, 0) is 6.54 Å². The molecule has 0 unspecified atom stereocenters. The van der Waals surface area contributed by atoms with E-state index in [1.165, 1.54) is 7.05 Å². The van der Waals surface area contributed by atoms with E-state index in [9.17, 15) is 17.6 Å². The van der Waals surface area contributed by atoms with Crippen LogP contribution < -0.4 is 0 Å². The van der Waals surface area contributed by atoms with Crippen LogP contribution in [0, 0.1) is 0 Å². The van der Waals surface area contributed by atoms with Crippen molar-refractivity contribution in [2.75, 3.05) is 39.8 Å². The molecule has 1 rings (SSSR count). The fourth-order valence-corrected chi connectivity index (χ4v) is 1.80. The summed E-state index contributed by atoms with van der Waals surface area (Å²) in [5.41, 5.74) is 0. The first-order valence-electron chi connectivity index (χ1n) is 5.06. The Labute approximate surface area is 87.0 Å². The predicted molar refractivity (Wildman–Crippen MR) is 49.0 cm³/mol. The SMILES string of the molecule is CCN1CC[N+](C)(C(F)(F)C(F)F)CC1. The zero-order valence-corrected chi connectivity index (χ0v) is 9.02. The normalized spacial score (nSPS) is 23.4. The Morgan fingerprint density at radius 2 is 1.73 bits per heavy atom. The highest BCUT2D eigenvalue weighted by Crippen LogP contribution is 2.34. The van der Waals surface area contributed by atoms with Crippen molar-refractivity contribution in [1.29, 1.82) is 0 Å². The van der Waals surface area contributed by atoms with Crippen molar-refractivity contribution in [3.05, 3.63) is 0 Å². The van der Waals surface area contributed by atoms with Crippen molar-refractivity contribution in [2.24, 2.45) is 0 Å². The summed E-state index contributed by atoms with van der Waals surface area (Å²) in [6, 6.07) is -3.93. The van der Waals surface area contributed by atoms with Crippen LogP contribution >= 0.6 is 0 Å². The molecule has 90 valence electrons. The van der Waals surface area contributed by atoms with E-state index < -0.39 is 17.0 Å². The van der Waals surface area contributed by atoms with Crippen LogP contribution in [-0.4, -0.2) is 61.6 Å². The standard InChI is InChI=1S/C9H17F4N2/c1-3-14-4-6-15(2,7-5-14)9(12,13)8(10)11/h8H,3-7H2,1-2H3/q+1. The van der Waals surface area contributed by atoms with Gasteiger partial charge in [0.25, 0.3) is 0 Å². The number of quaternary nitrogens is 1. The van der Waals surface area contributed by atoms with E-state index in [-0.39, 0.29) is 13.1 Å². The lowest BCUT2D eigenvalue weighted by atomic mass is 10.2. The van der Waals surface area contributed by atoms with Crippen LogP contribution in [0.4, 0.5) is 17.6 Å². The number of piperazine rings is 1. The molecule has 0 N–H and O–H groups in total. The Bertz CT molecular complexity index is 212. The summed E-state index contributed by atoms with van der Waals surface area (Å²) in [4.78, 5) is 1.99. The molecule has 1 saturated heterocycles. The second-order valence-corrected chi connectivity index (χ2v) is 4.17. The second kappa shape index (κ2) is 4.25. The quantitative estimate of drug-likeness (QED) is 0.404. The van der Waals surface area contributed by atoms with E-state index in [0.29, 0.717) is 13.1 Å². The van der Waals surface area contributed by atoms with Crippen molar-refractivity contribution in [3.8, 4) is 0 Å². The number of likely N-dealkylation sites (N-methyl/N-ethyl adjacent to an activating group) is 2. The van der Waals surface area contributed by atoms with Gasteiger partial charge < -0.3 is 0 Å². The zero-order valence-electron chi connectivity index (χ0n) is 9.02. The third-order valence-corrected chi connectivity index (χ3v) is 3.25. The molecule has 0 saturated carbocycles. The van der Waals surface area contributed by atoms with Gasteiger partial charge in [0.05, 0.1) is 20.1 Å². The lowest BCUT2D eigenvalue weighted by Crippen LogP contribution is -2.67. The van der Waals surface area contributed by atoms with Crippen LogP contribution in [0.1, 0.15) is 6.92 Å². The second-order valence-electron chi connectivity index (χ2n) is 4.17. The topological polar surface area (TPSA) is 3.24 Å². The van der Waals surface area contributed by atoms with Crippen LogP contribution in [0.2, 0.25) is 0 Å². The van der Waals surface area contributed by atoms with E-state index in [0.717, 1.165) is 6.54 Å².